The van der Waals surface area contributed by atoms with Crippen molar-refractivity contribution >= 4 is 27.0 Å². The smallest absolute Gasteiger partial charge is 0.243 e. The summed E-state index contributed by atoms with van der Waals surface area (Å²) in [5.74, 6) is 0.308. The molecule has 0 bridgehead atoms. The largest absolute Gasteiger partial charge is 0.494 e. The first-order valence-electron chi connectivity index (χ1n) is 10.2. The number of sulfonamides is 1. The Labute approximate surface area is 179 Å². The Hall–Kier alpha value is -3.01. The first kappa shape index (κ1) is 19.9. The lowest BCUT2D eigenvalue weighted by atomic mass is 10.1. The van der Waals surface area contributed by atoms with E-state index in [1.807, 2.05) is 31.3 Å². The fraction of sp³-hybridized carbons (Fsp3) is 0.273. The number of para-hydroxylation sites is 2. The van der Waals surface area contributed by atoms with Crippen LogP contribution in [0.1, 0.15) is 12.0 Å². The molecule has 0 aliphatic carbocycles. The summed E-state index contributed by atoms with van der Waals surface area (Å²) in [5.41, 5.74) is 0.921. The number of aromatic hydroxyl groups is 1. The van der Waals surface area contributed by atoms with Gasteiger partial charge in [0.2, 0.25) is 10.0 Å². The van der Waals surface area contributed by atoms with Gasteiger partial charge in [0.1, 0.15) is 0 Å². The second-order valence-corrected chi connectivity index (χ2v) is 9.75. The molecule has 1 fully saturated rings. The molecule has 5 rings (SSSR count). The van der Waals surface area contributed by atoms with Gasteiger partial charge in [-0.25, -0.2) is 18.4 Å². The van der Waals surface area contributed by atoms with E-state index in [2.05, 4.69) is 19.9 Å². The highest BCUT2D eigenvalue weighted by Gasteiger charge is 2.29. The standard InChI is InChI=1S/C22H23N5O3S/c1-26-10-5-11-27(13-12-26)31(29,30)19-9-4-8-18-21(19)15(22(28)25-18)14-20-23-16-6-2-3-7-17(16)24-20/h2-4,6-9,14,25,28H,5,10-13H2,1H3. The molecule has 2 aromatic carbocycles. The Morgan fingerprint density at radius 2 is 1.74 bits per heavy atom. The van der Waals surface area contributed by atoms with Crippen molar-refractivity contribution in [3.63, 3.8) is 0 Å². The zero-order valence-corrected chi connectivity index (χ0v) is 17.9. The first-order chi connectivity index (χ1) is 14.9. The SMILES string of the molecule is CN1CCCN(S(=O)(=O)c2cccc3[nH]c(O)c(C=C4N=c5ccccc5=N4)c23)CC1. The summed E-state index contributed by atoms with van der Waals surface area (Å²) in [6.07, 6.45) is 2.40. The van der Waals surface area contributed by atoms with Gasteiger partial charge in [-0.05, 0) is 50.4 Å². The lowest BCUT2D eigenvalue weighted by Crippen LogP contribution is -2.34. The molecule has 31 heavy (non-hydrogen) atoms. The predicted octanol–water partition coefficient (Wildman–Crippen LogP) is 1.45. The zero-order chi connectivity index (χ0) is 21.6. The number of benzene rings is 2. The van der Waals surface area contributed by atoms with Crippen LogP contribution in [0.15, 0.2) is 63.2 Å². The molecule has 0 saturated carbocycles. The molecule has 3 heterocycles. The monoisotopic (exact) mass is 437 g/mol. The van der Waals surface area contributed by atoms with E-state index >= 15 is 0 Å². The van der Waals surface area contributed by atoms with Gasteiger partial charge in [0.25, 0.3) is 0 Å². The van der Waals surface area contributed by atoms with Crippen molar-refractivity contribution in [2.75, 3.05) is 33.2 Å². The fourth-order valence-electron chi connectivity index (χ4n) is 4.10. The molecule has 9 heteroatoms. The van der Waals surface area contributed by atoms with Gasteiger partial charge in [-0.1, -0.05) is 18.2 Å². The average Bonchev–Trinajstić information content (AvgIpc) is 3.21. The van der Waals surface area contributed by atoms with Crippen LogP contribution in [0, 0.1) is 0 Å². The third-order valence-corrected chi connectivity index (χ3v) is 7.67. The van der Waals surface area contributed by atoms with Crippen LogP contribution in [0.3, 0.4) is 0 Å². The maximum Gasteiger partial charge on any atom is 0.243 e. The van der Waals surface area contributed by atoms with Gasteiger partial charge >= 0.3 is 0 Å². The van der Waals surface area contributed by atoms with Crippen molar-refractivity contribution in [1.82, 2.24) is 14.2 Å². The number of nitrogens with one attached hydrogen (secondary N) is 1. The normalized spacial score (nSPS) is 17.8. The molecule has 1 aromatic heterocycles. The topological polar surface area (TPSA) is 101 Å². The molecule has 0 radical (unpaired) electrons. The summed E-state index contributed by atoms with van der Waals surface area (Å²) in [6, 6.07) is 12.5. The third kappa shape index (κ3) is 3.54. The number of hydrogen-bond acceptors (Lipinski definition) is 6. The van der Waals surface area contributed by atoms with Crippen molar-refractivity contribution in [2.24, 2.45) is 9.98 Å². The number of H-pyrrole nitrogens is 1. The number of fused-ring (bicyclic) bond motifs is 2. The van der Waals surface area contributed by atoms with Gasteiger partial charge < -0.3 is 15.0 Å². The van der Waals surface area contributed by atoms with E-state index in [-0.39, 0.29) is 10.8 Å². The molecular formula is C22H23N5O3S. The number of aromatic amines is 1. The minimum Gasteiger partial charge on any atom is -0.494 e. The van der Waals surface area contributed by atoms with Crippen molar-refractivity contribution in [3.8, 4) is 5.88 Å². The molecule has 0 unspecified atom stereocenters. The molecule has 2 N–H and O–H groups in total. The molecule has 2 aliphatic heterocycles. The summed E-state index contributed by atoms with van der Waals surface area (Å²) in [5, 5.41) is 12.5. The van der Waals surface area contributed by atoms with Crippen molar-refractivity contribution in [2.45, 2.75) is 11.3 Å². The molecule has 0 amide bonds. The van der Waals surface area contributed by atoms with Crippen LogP contribution < -0.4 is 10.7 Å². The molecule has 0 spiro atoms. The number of likely N-dealkylation sites (N-methyl/N-ethyl adjacent to an activating group) is 1. The van der Waals surface area contributed by atoms with E-state index in [9.17, 15) is 13.5 Å². The lowest BCUT2D eigenvalue weighted by molar-refractivity contribution is 0.347. The molecule has 8 nitrogen and oxygen atoms in total. The maximum absolute atomic E-state index is 13.6. The Kier molecular flexibility index (Phi) is 4.88. The van der Waals surface area contributed by atoms with Crippen LogP contribution in [0.5, 0.6) is 5.88 Å². The molecule has 160 valence electrons. The van der Waals surface area contributed by atoms with Crippen LogP contribution in [0.2, 0.25) is 0 Å². The lowest BCUT2D eigenvalue weighted by Gasteiger charge is -2.21. The summed E-state index contributed by atoms with van der Waals surface area (Å²) in [7, 11) is -1.75. The highest BCUT2D eigenvalue weighted by atomic mass is 32.2. The van der Waals surface area contributed by atoms with Crippen molar-refractivity contribution in [3.05, 3.63) is 64.6 Å². The van der Waals surface area contributed by atoms with E-state index in [0.29, 0.717) is 41.9 Å². The van der Waals surface area contributed by atoms with Gasteiger partial charge in [0, 0.05) is 30.6 Å². The Morgan fingerprint density at radius 3 is 2.48 bits per heavy atom. The summed E-state index contributed by atoms with van der Waals surface area (Å²) < 4.78 is 28.7. The Balaban J connectivity index is 1.65. The molecule has 2 aliphatic rings. The number of aromatic nitrogens is 1. The van der Waals surface area contributed by atoms with E-state index in [1.165, 1.54) is 4.31 Å². The second kappa shape index (κ2) is 7.60. The van der Waals surface area contributed by atoms with Crippen LogP contribution in [0.4, 0.5) is 0 Å². The van der Waals surface area contributed by atoms with Gasteiger partial charge in [-0.2, -0.15) is 4.31 Å². The van der Waals surface area contributed by atoms with Crippen LogP contribution >= 0.6 is 0 Å². The second-order valence-electron chi connectivity index (χ2n) is 7.84. The summed E-state index contributed by atoms with van der Waals surface area (Å²) in [4.78, 5) is 14.2. The highest BCUT2D eigenvalue weighted by Crippen LogP contribution is 2.35. The number of hydrogen-bond donors (Lipinski definition) is 2. The number of rotatable bonds is 3. The molecule has 0 atom stereocenters. The van der Waals surface area contributed by atoms with E-state index in [4.69, 9.17) is 0 Å². The van der Waals surface area contributed by atoms with E-state index < -0.39 is 10.0 Å². The van der Waals surface area contributed by atoms with Gasteiger partial charge in [-0.3, -0.25) is 0 Å². The Bertz CT molecular complexity index is 1390. The maximum atomic E-state index is 13.6. The molecule has 3 aromatic rings. The molecular weight excluding hydrogens is 414 g/mol. The highest BCUT2D eigenvalue weighted by molar-refractivity contribution is 7.89. The summed E-state index contributed by atoms with van der Waals surface area (Å²) in [6.45, 7) is 2.44. The Morgan fingerprint density at radius 1 is 1.00 bits per heavy atom. The van der Waals surface area contributed by atoms with Crippen LogP contribution in [-0.4, -0.2) is 60.9 Å². The quantitative estimate of drug-likeness (QED) is 0.648. The summed E-state index contributed by atoms with van der Waals surface area (Å²) >= 11 is 0. The van der Waals surface area contributed by atoms with Gasteiger partial charge in [-0.15, -0.1) is 0 Å². The van der Waals surface area contributed by atoms with Crippen molar-refractivity contribution in [1.29, 1.82) is 0 Å². The van der Waals surface area contributed by atoms with Crippen molar-refractivity contribution < 1.29 is 13.5 Å². The zero-order valence-electron chi connectivity index (χ0n) is 17.1. The van der Waals surface area contributed by atoms with Gasteiger partial charge in [0.05, 0.1) is 21.1 Å². The average molecular weight is 438 g/mol. The number of nitrogens with zero attached hydrogens (tertiary/aromatic N) is 4. The minimum atomic E-state index is -3.75. The first-order valence-corrected chi connectivity index (χ1v) is 11.6. The minimum absolute atomic E-state index is 0.109. The predicted molar refractivity (Wildman–Crippen MR) is 118 cm³/mol. The third-order valence-electron chi connectivity index (χ3n) is 5.73. The van der Waals surface area contributed by atoms with Gasteiger partial charge in [0.15, 0.2) is 11.7 Å². The van der Waals surface area contributed by atoms with Crippen LogP contribution in [-0.2, 0) is 10.0 Å². The molecule has 1 saturated heterocycles. The van der Waals surface area contributed by atoms with Crippen LogP contribution in [0.25, 0.3) is 17.0 Å². The van der Waals surface area contributed by atoms with E-state index in [1.54, 1.807) is 24.3 Å². The van der Waals surface area contributed by atoms with E-state index in [0.717, 1.165) is 23.7 Å². The fourth-order valence-corrected chi connectivity index (χ4v) is 5.80.